The third-order valence-electron chi connectivity index (χ3n) is 3.55. The van der Waals surface area contributed by atoms with E-state index in [1.165, 1.54) is 0 Å². The van der Waals surface area contributed by atoms with E-state index in [2.05, 4.69) is 10.2 Å². The lowest BCUT2D eigenvalue weighted by atomic mass is 10.1. The lowest BCUT2D eigenvalue weighted by Gasteiger charge is -2.04. The maximum absolute atomic E-state index is 6.16. The Morgan fingerprint density at radius 1 is 1.04 bits per heavy atom. The van der Waals surface area contributed by atoms with Crippen LogP contribution in [0, 0.1) is 0 Å². The van der Waals surface area contributed by atoms with Crippen LogP contribution in [0.3, 0.4) is 0 Å². The molecule has 0 aliphatic heterocycles. The van der Waals surface area contributed by atoms with Crippen LogP contribution in [0.4, 0.5) is 0 Å². The van der Waals surface area contributed by atoms with Crippen molar-refractivity contribution in [3.05, 3.63) is 59.8 Å². The number of methoxy groups -OCH3 is 1. The second-order valence-electron chi connectivity index (χ2n) is 4.99. The minimum atomic E-state index is 0.516. The zero-order valence-electron chi connectivity index (χ0n) is 12.2. The summed E-state index contributed by atoms with van der Waals surface area (Å²) in [7, 11) is 1.58. The Hall–Kier alpha value is -2.79. The van der Waals surface area contributed by atoms with Crippen LogP contribution in [-0.2, 0) is 0 Å². The van der Waals surface area contributed by atoms with E-state index in [9.17, 15) is 0 Å². The number of halogens is 1. The second kappa shape index (κ2) is 5.44. The van der Waals surface area contributed by atoms with Gasteiger partial charge in [-0.05, 0) is 48.5 Å². The van der Waals surface area contributed by atoms with Crippen LogP contribution in [0.5, 0.6) is 5.75 Å². The van der Waals surface area contributed by atoms with Gasteiger partial charge in [0, 0.05) is 5.56 Å². The van der Waals surface area contributed by atoms with Gasteiger partial charge in [0.25, 0.3) is 0 Å². The number of hydrogen-bond donors (Lipinski definition) is 0. The van der Waals surface area contributed by atoms with E-state index in [1.54, 1.807) is 30.3 Å². The number of ether oxygens (including phenoxy) is 1. The predicted octanol–water partition coefficient (Wildman–Crippen LogP) is 4.34. The van der Waals surface area contributed by atoms with Crippen molar-refractivity contribution in [1.82, 2.24) is 15.0 Å². The highest BCUT2D eigenvalue weighted by Gasteiger charge is 2.09. The van der Waals surface area contributed by atoms with Crippen molar-refractivity contribution in [3.63, 3.8) is 0 Å². The van der Waals surface area contributed by atoms with Gasteiger partial charge in [0.2, 0.25) is 0 Å². The molecule has 2 aromatic heterocycles. The SMILES string of the molecule is COc1ccc(-n2nc3ccc(-c4ccco4)cc3n2)cc1Cl. The Labute approximate surface area is 137 Å². The molecule has 4 aromatic rings. The molecule has 0 amide bonds. The summed E-state index contributed by atoms with van der Waals surface area (Å²) in [6.45, 7) is 0. The molecule has 2 aromatic carbocycles. The molecule has 2 heterocycles. The van der Waals surface area contributed by atoms with Gasteiger partial charge in [0.1, 0.15) is 22.5 Å². The first-order valence-electron chi connectivity index (χ1n) is 6.99. The summed E-state index contributed by atoms with van der Waals surface area (Å²) in [5.41, 5.74) is 3.31. The van der Waals surface area contributed by atoms with Gasteiger partial charge in [0.05, 0.1) is 24.1 Å². The first kappa shape index (κ1) is 13.8. The minimum Gasteiger partial charge on any atom is -0.495 e. The zero-order chi connectivity index (χ0) is 15.8. The molecule has 6 heteroatoms. The van der Waals surface area contributed by atoms with Crippen molar-refractivity contribution in [2.24, 2.45) is 0 Å². The molecular weight excluding hydrogens is 314 g/mol. The maximum Gasteiger partial charge on any atom is 0.137 e. The van der Waals surface area contributed by atoms with Gasteiger partial charge >= 0.3 is 0 Å². The van der Waals surface area contributed by atoms with Crippen LogP contribution in [-0.4, -0.2) is 22.1 Å². The largest absolute Gasteiger partial charge is 0.495 e. The van der Waals surface area contributed by atoms with Crippen LogP contribution in [0.25, 0.3) is 28.0 Å². The summed E-state index contributed by atoms with van der Waals surface area (Å²) in [6, 6.07) is 15.0. The highest BCUT2D eigenvalue weighted by atomic mass is 35.5. The highest BCUT2D eigenvalue weighted by Crippen LogP contribution is 2.27. The molecule has 0 saturated heterocycles. The summed E-state index contributed by atoms with van der Waals surface area (Å²) in [6.07, 6.45) is 1.65. The Kier molecular flexibility index (Phi) is 3.28. The van der Waals surface area contributed by atoms with E-state index < -0.39 is 0 Å². The number of aromatic nitrogens is 3. The van der Waals surface area contributed by atoms with Gasteiger partial charge in [-0.1, -0.05) is 11.6 Å². The first-order valence-corrected chi connectivity index (χ1v) is 7.37. The van der Waals surface area contributed by atoms with Crippen LogP contribution in [0.15, 0.2) is 59.2 Å². The maximum atomic E-state index is 6.16. The quantitative estimate of drug-likeness (QED) is 0.562. The molecule has 0 fully saturated rings. The van der Waals surface area contributed by atoms with Crippen molar-refractivity contribution >= 4 is 22.6 Å². The fourth-order valence-electron chi connectivity index (χ4n) is 2.41. The molecule has 0 aliphatic rings. The van der Waals surface area contributed by atoms with Crippen molar-refractivity contribution < 1.29 is 9.15 Å². The number of fused-ring (bicyclic) bond motifs is 1. The summed E-state index contributed by atoms with van der Waals surface area (Å²) in [4.78, 5) is 1.56. The van der Waals surface area contributed by atoms with E-state index in [0.29, 0.717) is 10.8 Å². The molecule has 0 radical (unpaired) electrons. The molecule has 0 spiro atoms. The first-order chi connectivity index (χ1) is 11.2. The molecule has 0 unspecified atom stereocenters. The van der Waals surface area contributed by atoms with Gasteiger partial charge in [-0.2, -0.15) is 4.80 Å². The van der Waals surface area contributed by atoms with E-state index in [-0.39, 0.29) is 0 Å². The smallest absolute Gasteiger partial charge is 0.137 e. The molecule has 4 rings (SSSR count). The van der Waals surface area contributed by atoms with Gasteiger partial charge < -0.3 is 9.15 Å². The molecular formula is C17H12ClN3O2. The number of furan rings is 1. The Morgan fingerprint density at radius 2 is 1.91 bits per heavy atom. The number of nitrogens with zero attached hydrogens (tertiary/aromatic N) is 3. The predicted molar refractivity (Wildman–Crippen MR) is 88.1 cm³/mol. The van der Waals surface area contributed by atoms with E-state index in [0.717, 1.165) is 28.0 Å². The highest BCUT2D eigenvalue weighted by molar-refractivity contribution is 6.32. The molecule has 0 atom stereocenters. The summed E-state index contributed by atoms with van der Waals surface area (Å²) in [5, 5.41) is 9.51. The van der Waals surface area contributed by atoms with E-state index >= 15 is 0 Å². The monoisotopic (exact) mass is 325 g/mol. The standard InChI is InChI=1S/C17H12ClN3O2/c1-22-17-7-5-12(10-13(17)18)21-19-14-6-4-11(9-15(14)20-21)16-3-2-8-23-16/h2-10H,1H3. The molecule has 114 valence electrons. The average molecular weight is 326 g/mol. The van der Waals surface area contributed by atoms with Gasteiger partial charge in [0.15, 0.2) is 0 Å². The third-order valence-corrected chi connectivity index (χ3v) is 3.85. The van der Waals surface area contributed by atoms with Gasteiger partial charge in [-0.25, -0.2) is 0 Å². The van der Waals surface area contributed by atoms with Crippen LogP contribution >= 0.6 is 11.6 Å². The fraction of sp³-hybridized carbons (Fsp3) is 0.0588. The van der Waals surface area contributed by atoms with Gasteiger partial charge in [-0.15, -0.1) is 10.2 Å². The normalized spacial score (nSPS) is 11.0. The van der Waals surface area contributed by atoms with Crippen molar-refractivity contribution in [1.29, 1.82) is 0 Å². The van der Waals surface area contributed by atoms with E-state index in [1.807, 2.05) is 36.4 Å². The van der Waals surface area contributed by atoms with Crippen LogP contribution in [0.1, 0.15) is 0 Å². The van der Waals surface area contributed by atoms with Crippen molar-refractivity contribution in [2.45, 2.75) is 0 Å². The molecule has 0 bridgehead atoms. The third kappa shape index (κ3) is 2.45. The second-order valence-corrected chi connectivity index (χ2v) is 5.40. The number of benzene rings is 2. The van der Waals surface area contributed by atoms with E-state index in [4.69, 9.17) is 20.8 Å². The fourth-order valence-corrected chi connectivity index (χ4v) is 2.66. The average Bonchev–Trinajstić information content (AvgIpc) is 3.23. The van der Waals surface area contributed by atoms with Gasteiger partial charge in [-0.3, -0.25) is 0 Å². The van der Waals surface area contributed by atoms with Crippen LogP contribution < -0.4 is 4.74 Å². The summed E-state index contributed by atoms with van der Waals surface area (Å²) < 4.78 is 10.6. The van der Waals surface area contributed by atoms with Crippen molar-refractivity contribution in [2.75, 3.05) is 7.11 Å². The lowest BCUT2D eigenvalue weighted by Crippen LogP contribution is -1.98. The molecule has 0 aliphatic carbocycles. The Bertz CT molecular complexity index is 977. The van der Waals surface area contributed by atoms with Crippen LogP contribution in [0.2, 0.25) is 5.02 Å². The lowest BCUT2D eigenvalue weighted by molar-refractivity contribution is 0.415. The molecule has 23 heavy (non-hydrogen) atoms. The Morgan fingerprint density at radius 3 is 2.65 bits per heavy atom. The summed E-state index contributed by atoms with van der Waals surface area (Å²) >= 11 is 6.16. The van der Waals surface area contributed by atoms with Crippen molar-refractivity contribution in [3.8, 4) is 22.8 Å². The number of rotatable bonds is 3. The molecule has 0 N–H and O–H groups in total. The topological polar surface area (TPSA) is 53.1 Å². The molecule has 0 saturated carbocycles. The zero-order valence-corrected chi connectivity index (χ0v) is 13.0. The number of hydrogen-bond acceptors (Lipinski definition) is 4. The summed E-state index contributed by atoms with van der Waals surface area (Å²) in [5.74, 6) is 1.42. The Balaban J connectivity index is 1.78. The molecule has 5 nitrogen and oxygen atoms in total. The minimum absolute atomic E-state index is 0.516.